The lowest BCUT2D eigenvalue weighted by molar-refractivity contribution is -0.122. The normalized spacial score (nSPS) is 17.1. The van der Waals surface area contributed by atoms with Crippen molar-refractivity contribution in [3.63, 3.8) is 0 Å². The highest BCUT2D eigenvalue weighted by molar-refractivity contribution is 6.04. The second-order valence-corrected chi connectivity index (χ2v) is 10.0. The summed E-state index contributed by atoms with van der Waals surface area (Å²) in [6.45, 7) is 3.60. The highest BCUT2D eigenvalue weighted by Gasteiger charge is 2.65. The Balaban J connectivity index is 1.29. The first-order valence-corrected chi connectivity index (χ1v) is 12.5. The van der Waals surface area contributed by atoms with Crippen LogP contribution in [0.5, 0.6) is 23.0 Å². The van der Waals surface area contributed by atoms with E-state index in [2.05, 4.69) is 15.6 Å². The van der Waals surface area contributed by atoms with Gasteiger partial charge in [0.05, 0.1) is 31.6 Å². The van der Waals surface area contributed by atoms with Crippen molar-refractivity contribution < 1.29 is 32.6 Å². The van der Waals surface area contributed by atoms with Gasteiger partial charge in [-0.15, -0.1) is 0 Å². The zero-order valence-corrected chi connectivity index (χ0v) is 22.2. The second kappa shape index (κ2) is 10.4. The van der Waals surface area contributed by atoms with Crippen molar-refractivity contribution in [3.8, 4) is 23.0 Å². The number of fused-ring (bicyclic) bond motifs is 1. The number of rotatable bonds is 8. The van der Waals surface area contributed by atoms with Gasteiger partial charge in [-0.05, 0) is 47.9 Å². The highest BCUT2D eigenvalue weighted by atomic mass is 19.1. The van der Waals surface area contributed by atoms with Crippen LogP contribution in [0.1, 0.15) is 13.8 Å². The number of hydrogen-bond acceptors (Lipinski definition) is 6. The Hall–Kier alpha value is -4.73. The SMILES string of the molecule is COc1cc2nccc(Oc3ccc(NC(=O)[C@H]4[C@@H](C(=O)Nc5cccc(F)c5)C4(C)C)cc3F)c2cc1OC. The summed E-state index contributed by atoms with van der Waals surface area (Å²) in [6, 6.07) is 14.6. The van der Waals surface area contributed by atoms with Gasteiger partial charge < -0.3 is 24.8 Å². The summed E-state index contributed by atoms with van der Waals surface area (Å²) < 4.78 is 45.1. The standard InChI is InChI=1S/C30H27F2N3O5/c1-30(2)26(28(36)34-17-7-5-6-16(31)12-17)27(30)29(37)35-18-8-9-23(20(32)13-18)40-22-10-11-33-21-15-25(39-4)24(38-3)14-19(21)22/h5-15,26-27H,1-4H3,(H,34,36)(H,35,37)/t26-,27+/m0/s1. The summed E-state index contributed by atoms with van der Waals surface area (Å²) in [5.74, 6) is -1.98. The van der Waals surface area contributed by atoms with Crippen LogP contribution in [0.4, 0.5) is 20.2 Å². The van der Waals surface area contributed by atoms with E-state index in [4.69, 9.17) is 14.2 Å². The molecule has 0 aliphatic heterocycles. The molecule has 1 heterocycles. The minimum Gasteiger partial charge on any atom is -0.493 e. The number of nitrogens with zero attached hydrogens (tertiary/aromatic N) is 1. The first-order valence-electron chi connectivity index (χ1n) is 12.5. The third kappa shape index (κ3) is 5.12. The molecule has 2 amide bonds. The van der Waals surface area contributed by atoms with E-state index in [-0.39, 0.29) is 17.3 Å². The molecular weight excluding hydrogens is 520 g/mol. The molecule has 1 fully saturated rings. The van der Waals surface area contributed by atoms with E-state index in [1.54, 1.807) is 38.1 Å². The average Bonchev–Trinajstić information content (AvgIpc) is 3.51. The molecule has 0 saturated heterocycles. The van der Waals surface area contributed by atoms with Gasteiger partial charge in [0.25, 0.3) is 0 Å². The van der Waals surface area contributed by atoms with Crippen LogP contribution in [0.25, 0.3) is 10.9 Å². The maximum atomic E-state index is 15.1. The van der Waals surface area contributed by atoms with Crippen LogP contribution >= 0.6 is 0 Å². The lowest BCUT2D eigenvalue weighted by Crippen LogP contribution is -2.20. The maximum Gasteiger partial charge on any atom is 0.228 e. The number of ether oxygens (including phenoxy) is 3. The molecule has 40 heavy (non-hydrogen) atoms. The number of aromatic nitrogens is 1. The summed E-state index contributed by atoms with van der Waals surface area (Å²) in [4.78, 5) is 30.1. The van der Waals surface area contributed by atoms with Crippen molar-refractivity contribution in [1.29, 1.82) is 0 Å². The molecule has 10 heteroatoms. The fraction of sp³-hybridized carbons (Fsp3) is 0.233. The summed E-state index contributed by atoms with van der Waals surface area (Å²) in [7, 11) is 3.03. The lowest BCUT2D eigenvalue weighted by Gasteiger charge is -2.13. The number of methoxy groups -OCH3 is 2. The van der Waals surface area contributed by atoms with Crippen LogP contribution in [0.3, 0.4) is 0 Å². The smallest absolute Gasteiger partial charge is 0.228 e. The fourth-order valence-electron chi connectivity index (χ4n) is 4.94. The van der Waals surface area contributed by atoms with Crippen molar-refractivity contribution in [2.75, 3.05) is 24.9 Å². The molecule has 206 valence electrons. The number of carbonyl (C=O) groups is 2. The summed E-state index contributed by atoms with van der Waals surface area (Å²) in [5, 5.41) is 5.94. The number of amides is 2. The molecule has 2 N–H and O–H groups in total. The van der Waals surface area contributed by atoms with Gasteiger partial charge in [0.2, 0.25) is 11.8 Å². The lowest BCUT2D eigenvalue weighted by atomic mass is 10.1. The monoisotopic (exact) mass is 547 g/mol. The van der Waals surface area contributed by atoms with Gasteiger partial charge in [0.1, 0.15) is 11.6 Å². The first-order chi connectivity index (χ1) is 19.1. The van der Waals surface area contributed by atoms with E-state index in [1.807, 2.05) is 0 Å². The molecule has 1 aliphatic rings. The highest BCUT2D eigenvalue weighted by Crippen LogP contribution is 2.59. The van der Waals surface area contributed by atoms with E-state index >= 15 is 4.39 Å². The Bertz CT molecular complexity index is 1620. The predicted octanol–water partition coefficient (Wildman–Crippen LogP) is 6.17. The van der Waals surface area contributed by atoms with Crippen LogP contribution in [0.15, 0.2) is 66.9 Å². The summed E-state index contributed by atoms with van der Waals surface area (Å²) in [5.41, 5.74) is 0.467. The van der Waals surface area contributed by atoms with Gasteiger partial charge in [-0.2, -0.15) is 0 Å². The van der Waals surface area contributed by atoms with E-state index in [1.165, 1.54) is 50.7 Å². The minimum atomic E-state index is -0.696. The Kier molecular flexibility index (Phi) is 7.01. The van der Waals surface area contributed by atoms with E-state index in [9.17, 15) is 14.0 Å². The van der Waals surface area contributed by atoms with Gasteiger partial charge in [0.15, 0.2) is 23.1 Å². The number of halogens is 2. The third-order valence-corrected chi connectivity index (χ3v) is 7.11. The van der Waals surface area contributed by atoms with Gasteiger partial charge in [-0.25, -0.2) is 8.78 Å². The summed E-state index contributed by atoms with van der Waals surface area (Å²) >= 11 is 0. The number of anilines is 2. The molecule has 1 saturated carbocycles. The molecule has 4 aromatic rings. The molecule has 0 bridgehead atoms. The average molecular weight is 548 g/mol. The Labute approximate surface area is 229 Å². The number of carbonyl (C=O) groups excluding carboxylic acids is 2. The Morgan fingerprint density at radius 2 is 1.45 bits per heavy atom. The molecule has 5 rings (SSSR count). The molecule has 2 atom stereocenters. The van der Waals surface area contributed by atoms with E-state index in [0.29, 0.717) is 33.8 Å². The maximum absolute atomic E-state index is 15.1. The van der Waals surface area contributed by atoms with Crippen molar-refractivity contribution in [2.45, 2.75) is 13.8 Å². The van der Waals surface area contributed by atoms with E-state index in [0.717, 1.165) is 6.07 Å². The van der Waals surface area contributed by atoms with Crippen LogP contribution in [0.2, 0.25) is 0 Å². The van der Waals surface area contributed by atoms with Crippen LogP contribution < -0.4 is 24.8 Å². The zero-order chi connectivity index (χ0) is 28.6. The first kappa shape index (κ1) is 26.9. The second-order valence-electron chi connectivity index (χ2n) is 10.0. The van der Waals surface area contributed by atoms with Crippen molar-refractivity contribution in [1.82, 2.24) is 4.98 Å². The molecule has 8 nitrogen and oxygen atoms in total. The van der Waals surface area contributed by atoms with Gasteiger partial charge in [-0.3, -0.25) is 14.6 Å². The molecule has 0 spiro atoms. The molecule has 0 radical (unpaired) electrons. The quantitative estimate of drug-likeness (QED) is 0.274. The minimum absolute atomic E-state index is 0.0561. The zero-order valence-electron chi connectivity index (χ0n) is 22.2. The number of benzene rings is 3. The van der Waals surface area contributed by atoms with Gasteiger partial charge >= 0.3 is 0 Å². The largest absolute Gasteiger partial charge is 0.493 e. The van der Waals surface area contributed by atoms with Crippen LogP contribution in [-0.4, -0.2) is 31.0 Å². The van der Waals surface area contributed by atoms with Gasteiger partial charge in [0, 0.05) is 35.1 Å². The predicted molar refractivity (Wildman–Crippen MR) is 146 cm³/mol. The molecule has 1 aromatic heterocycles. The number of pyridine rings is 1. The molecular formula is C30H27F2N3O5. The summed E-state index contributed by atoms with van der Waals surface area (Å²) in [6.07, 6.45) is 1.54. The van der Waals surface area contributed by atoms with Crippen LogP contribution in [-0.2, 0) is 9.59 Å². The Morgan fingerprint density at radius 1 is 0.800 bits per heavy atom. The van der Waals surface area contributed by atoms with Crippen molar-refractivity contribution in [3.05, 3.63) is 78.5 Å². The topological polar surface area (TPSA) is 98.8 Å². The molecule has 1 aliphatic carbocycles. The molecule has 3 aromatic carbocycles. The van der Waals surface area contributed by atoms with Crippen molar-refractivity contribution >= 4 is 34.1 Å². The number of hydrogen-bond donors (Lipinski definition) is 2. The molecule has 0 unspecified atom stereocenters. The van der Waals surface area contributed by atoms with Gasteiger partial charge in [-0.1, -0.05) is 19.9 Å². The Morgan fingerprint density at radius 3 is 2.08 bits per heavy atom. The van der Waals surface area contributed by atoms with Crippen molar-refractivity contribution in [2.24, 2.45) is 17.3 Å². The third-order valence-electron chi connectivity index (χ3n) is 7.11. The fourth-order valence-corrected chi connectivity index (χ4v) is 4.94. The van der Waals surface area contributed by atoms with Crippen LogP contribution in [0, 0.1) is 28.9 Å². The van der Waals surface area contributed by atoms with E-state index < -0.39 is 34.8 Å². The number of nitrogens with one attached hydrogen (secondary N) is 2.